The number of ether oxygens (including phenoxy) is 2. The van der Waals surface area contributed by atoms with E-state index in [1.54, 1.807) is 0 Å². The third-order valence-electron chi connectivity index (χ3n) is 6.24. The van der Waals surface area contributed by atoms with Crippen molar-refractivity contribution in [1.82, 2.24) is 0 Å². The Bertz CT molecular complexity index is 555. The first-order chi connectivity index (χ1) is 14.9. The Balaban J connectivity index is 2.64. The van der Waals surface area contributed by atoms with Crippen molar-refractivity contribution in [2.75, 3.05) is 11.2 Å². The number of hydrogen-bond acceptors (Lipinski definition) is 2. The zero-order valence-corrected chi connectivity index (χ0v) is 24.3. The van der Waals surface area contributed by atoms with Gasteiger partial charge in [-0.2, -0.15) is 0 Å². The van der Waals surface area contributed by atoms with Gasteiger partial charge in [0.05, 0.1) is 0 Å². The Morgan fingerprint density at radius 1 is 0.871 bits per heavy atom. The summed E-state index contributed by atoms with van der Waals surface area (Å²) < 4.78 is 18.3. The molecule has 0 aromatic heterocycles. The molecule has 1 rings (SSSR count). The SMILES string of the molecule is CCC[CH2][Sn]([CH2]CCC)([CH2]CCC)[CH2]OC/C=C\C(OCc1ccccc1)C(C)(C)C. The molecule has 0 N–H and O–H groups in total. The van der Waals surface area contributed by atoms with Crippen LogP contribution >= 0.6 is 0 Å². The van der Waals surface area contributed by atoms with Gasteiger partial charge in [0.2, 0.25) is 0 Å². The quantitative estimate of drug-likeness (QED) is 0.113. The van der Waals surface area contributed by atoms with Crippen LogP contribution in [0.4, 0.5) is 0 Å². The summed E-state index contributed by atoms with van der Waals surface area (Å²) in [6, 6.07) is 10.4. The fourth-order valence-electron chi connectivity index (χ4n) is 4.12. The third kappa shape index (κ3) is 12.5. The van der Waals surface area contributed by atoms with Crippen LogP contribution in [-0.4, -0.2) is 35.7 Å². The van der Waals surface area contributed by atoms with Gasteiger partial charge in [0.1, 0.15) is 0 Å². The van der Waals surface area contributed by atoms with E-state index >= 15 is 0 Å². The molecule has 1 aromatic carbocycles. The molecule has 0 heterocycles. The molecule has 0 amide bonds. The molecule has 0 saturated heterocycles. The van der Waals surface area contributed by atoms with Crippen molar-refractivity contribution in [3.63, 3.8) is 0 Å². The fourth-order valence-corrected chi connectivity index (χ4v) is 18.5. The first kappa shape index (κ1) is 28.7. The van der Waals surface area contributed by atoms with Gasteiger partial charge < -0.3 is 0 Å². The number of unbranched alkanes of at least 4 members (excludes halogenated alkanes) is 3. The normalized spacial score (nSPS) is 13.7. The second kappa shape index (κ2) is 16.3. The van der Waals surface area contributed by atoms with E-state index in [0.717, 1.165) is 11.2 Å². The Morgan fingerprint density at radius 2 is 1.42 bits per heavy atom. The van der Waals surface area contributed by atoms with Gasteiger partial charge >= 0.3 is 199 Å². The molecule has 0 bridgehead atoms. The van der Waals surface area contributed by atoms with Crippen LogP contribution < -0.4 is 0 Å². The van der Waals surface area contributed by atoms with Crippen LogP contribution in [0.2, 0.25) is 13.3 Å². The maximum absolute atomic E-state index is 6.37. The van der Waals surface area contributed by atoms with Crippen molar-refractivity contribution in [1.29, 1.82) is 0 Å². The molecule has 31 heavy (non-hydrogen) atoms. The Morgan fingerprint density at radius 3 is 1.90 bits per heavy atom. The first-order valence-corrected chi connectivity index (χ1v) is 20.8. The fraction of sp³-hybridized carbons (Fsp3) is 0.714. The Hall–Kier alpha value is -0.321. The summed E-state index contributed by atoms with van der Waals surface area (Å²) >= 11 is -2.18. The van der Waals surface area contributed by atoms with Crippen molar-refractivity contribution in [2.45, 2.75) is 106 Å². The third-order valence-corrected chi connectivity index (χ3v) is 20.7. The minimum absolute atomic E-state index is 0.0671. The van der Waals surface area contributed by atoms with Gasteiger partial charge in [-0.05, 0) is 0 Å². The summed E-state index contributed by atoms with van der Waals surface area (Å²) in [5.41, 5.74) is 1.29. The molecule has 0 spiro atoms. The average Bonchev–Trinajstić information content (AvgIpc) is 2.76. The summed E-state index contributed by atoms with van der Waals surface area (Å²) in [6.07, 6.45) is 12.7. The summed E-state index contributed by atoms with van der Waals surface area (Å²) in [6.45, 7) is 15.1. The van der Waals surface area contributed by atoms with Gasteiger partial charge in [0, 0.05) is 0 Å². The van der Waals surface area contributed by atoms with E-state index in [2.05, 4.69) is 84.0 Å². The van der Waals surface area contributed by atoms with Crippen molar-refractivity contribution in [3.8, 4) is 0 Å². The molecule has 0 aliphatic heterocycles. The van der Waals surface area contributed by atoms with Gasteiger partial charge in [-0.15, -0.1) is 0 Å². The topological polar surface area (TPSA) is 18.5 Å². The second-order valence-electron chi connectivity index (χ2n) is 10.3. The van der Waals surface area contributed by atoms with Crippen LogP contribution in [0.5, 0.6) is 0 Å². The van der Waals surface area contributed by atoms with E-state index in [1.807, 2.05) is 0 Å². The molecule has 1 atom stereocenters. The molecule has 0 radical (unpaired) electrons. The average molecular weight is 537 g/mol. The van der Waals surface area contributed by atoms with Gasteiger partial charge in [0.25, 0.3) is 0 Å². The monoisotopic (exact) mass is 538 g/mol. The van der Waals surface area contributed by atoms with E-state index in [-0.39, 0.29) is 11.5 Å². The number of benzene rings is 1. The van der Waals surface area contributed by atoms with Crippen LogP contribution in [-0.2, 0) is 16.1 Å². The van der Waals surface area contributed by atoms with E-state index in [0.29, 0.717) is 6.61 Å². The van der Waals surface area contributed by atoms with E-state index in [1.165, 1.54) is 57.4 Å². The van der Waals surface area contributed by atoms with E-state index in [4.69, 9.17) is 9.47 Å². The van der Waals surface area contributed by atoms with Crippen LogP contribution in [0.1, 0.15) is 85.6 Å². The number of rotatable bonds is 17. The predicted molar refractivity (Wildman–Crippen MR) is 139 cm³/mol. The predicted octanol–water partition coefficient (Wildman–Crippen LogP) is 8.58. The zero-order chi connectivity index (χ0) is 23.0. The minimum atomic E-state index is -2.18. The van der Waals surface area contributed by atoms with Gasteiger partial charge in [-0.25, -0.2) is 0 Å². The molecular weight excluding hydrogens is 487 g/mol. The van der Waals surface area contributed by atoms with Gasteiger partial charge in [-0.1, -0.05) is 0 Å². The molecular formula is C28H50O2Sn. The summed E-state index contributed by atoms with van der Waals surface area (Å²) in [4.78, 5) is 0. The van der Waals surface area contributed by atoms with E-state index in [9.17, 15) is 0 Å². The summed E-state index contributed by atoms with van der Waals surface area (Å²) in [7, 11) is 0. The molecule has 178 valence electrons. The van der Waals surface area contributed by atoms with Gasteiger partial charge in [0.15, 0.2) is 0 Å². The molecule has 0 aliphatic rings. The second-order valence-corrected chi connectivity index (χ2v) is 24.0. The van der Waals surface area contributed by atoms with Crippen LogP contribution in [0.25, 0.3) is 0 Å². The van der Waals surface area contributed by atoms with E-state index < -0.39 is 18.4 Å². The molecule has 0 saturated carbocycles. The Labute approximate surface area is 198 Å². The number of hydrogen-bond donors (Lipinski definition) is 0. The Kier molecular flexibility index (Phi) is 15.1. The van der Waals surface area contributed by atoms with Crippen LogP contribution in [0.3, 0.4) is 0 Å². The molecule has 0 fully saturated rings. The first-order valence-electron chi connectivity index (χ1n) is 12.8. The van der Waals surface area contributed by atoms with Crippen LogP contribution in [0.15, 0.2) is 42.5 Å². The van der Waals surface area contributed by atoms with Crippen molar-refractivity contribution < 1.29 is 9.47 Å². The molecule has 1 unspecified atom stereocenters. The van der Waals surface area contributed by atoms with Crippen LogP contribution in [0, 0.1) is 5.41 Å². The molecule has 3 heteroatoms. The van der Waals surface area contributed by atoms with Crippen molar-refractivity contribution >= 4 is 18.4 Å². The molecule has 1 aromatic rings. The summed E-state index contributed by atoms with van der Waals surface area (Å²) in [5, 5.41) is 0. The standard InChI is InChI=1S/C16H23O2.3C4H9.Sn/c1-16(2,3)15(11-8-12-17-4)18-13-14-9-6-5-7-10-14;3*1-3-4-2;/h5-11,15H,4,12-13H2,1-3H3;3*1,3-4H2,2H3;/b11-8-;;;;. The molecule has 2 nitrogen and oxygen atoms in total. The zero-order valence-electron chi connectivity index (χ0n) is 21.4. The summed E-state index contributed by atoms with van der Waals surface area (Å²) in [5.74, 6) is 0. The van der Waals surface area contributed by atoms with Gasteiger partial charge in [-0.3, -0.25) is 0 Å². The van der Waals surface area contributed by atoms with Crippen molar-refractivity contribution in [2.24, 2.45) is 5.41 Å². The molecule has 0 aliphatic carbocycles. The maximum atomic E-state index is 6.37. The van der Waals surface area contributed by atoms with Crippen molar-refractivity contribution in [3.05, 3.63) is 48.0 Å².